The molecule has 0 aliphatic rings. The second-order valence-electron chi connectivity index (χ2n) is 6.03. The number of hydrogen-bond donors (Lipinski definition) is 6. The average Bonchev–Trinajstić information content (AvgIpc) is 2.60. The molecule has 0 aliphatic heterocycles. The Balaban J connectivity index is 2.81. The number of amides is 3. The van der Waals surface area contributed by atoms with E-state index in [1.807, 2.05) is 5.32 Å². The predicted octanol–water partition coefficient (Wildman–Crippen LogP) is -2.04. The van der Waals surface area contributed by atoms with Crippen LogP contribution in [0.1, 0.15) is 18.4 Å². The summed E-state index contributed by atoms with van der Waals surface area (Å²) in [6.07, 6.45) is -1.35. The Labute approximate surface area is 160 Å². The molecule has 1 aromatic rings. The first kappa shape index (κ1) is 22.6. The molecule has 11 nitrogen and oxygen atoms in total. The van der Waals surface area contributed by atoms with Crippen molar-refractivity contribution >= 4 is 29.7 Å². The average molecular weight is 394 g/mol. The molecule has 28 heavy (non-hydrogen) atoms. The van der Waals surface area contributed by atoms with Crippen molar-refractivity contribution in [3.63, 3.8) is 0 Å². The lowest BCUT2D eigenvalue weighted by Gasteiger charge is -2.21. The minimum Gasteiger partial charge on any atom is -0.481 e. The number of benzene rings is 1. The topological polar surface area (TPSA) is 202 Å². The van der Waals surface area contributed by atoms with Crippen molar-refractivity contribution in [1.82, 2.24) is 10.6 Å². The van der Waals surface area contributed by atoms with E-state index in [0.29, 0.717) is 0 Å². The van der Waals surface area contributed by atoms with Gasteiger partial charge in [-0.2, -0.15) is 0 Å². The van der Waals surface area contributed by atoms with Gasteiger partial charge in [-0.3, -0.25) is 19.2 Å². The van der Waals surface area contributed by atoms with E-state index in [-0.39, 0.29) is 6.42 Å². The van der Waals surface area contributed by atoms with Gasteiger partial charge >= 0.3 is 11.9 Å². The predicted molar refractivity (Wildman–Crippen MR) is 95.7 cm³/mol. The van der Waals surface area contributed by atoms with Gasteiger partial charge in [-0.05, 0) is 12.0 Å². The summed E-state index contributed by atoms with van der Waals surface area (Å²) in [6, 6.07) is 4.49. The highest BCUT2D eigenvalue weighted by atomic mass is 16.4. The molecular weight excluding hydrogens is 372 g/mol. The van der Waals surface area contributed by atoms with Crippen LogP contribution in [0.3, 0.4) is 0 Å². The van der Waals surface area contributed by atoms with Crippen LogP contribution in [0.2, 0.25) is 0 Å². The highest BCUT2D eigenvalue weighted by Crippen LogP contribution is 2.03. The molecule has 8 N–H and O–H groups in total. The number of nitrogens with one attached hydrogen (secondary N) is 2. The van der Waals surface area contributed by atoms with Crippen molar-refractivity contribution in [1.29, 1.82) is 0 Å². The zero-order valence-electron chi connectivity index (χ0n) is 14.8. The third-order valence-corrected chi connectivity index (χ3v) is 3.67. The summed E-state index contributed by atoms with van der Waals surface area (Å²) in [5, 5.41) is 22.2. The molecule has 0 heterocycles. The summed E-state index contributed by atoms with van der Waals surface area (Å²) in [5.41, 5.74) is 11.5. The minimum atomic E-state index is -1.66. The fourth-order valence-electron chi connectivity index (χ4n) is 2.30. The van der Waals surface area contributed by atoms with Crippen LogP contribution in [0.25, 0.3) is 0 Å². The first-order valence-electron chi connectivity index (χ1n) is 8.23. The molecule has 0 saturated heterocycles. The molecule has 3 atom stereocenters. The van der Waals surface area contributed by atoms with Crippen molar-refractivity contribution in [2.45, 2.75) is 37.4 Å². The third-order valence-electron chi connectivity index (χ3n) is 3.67. The highest BCUT2D eigenvalue weighted by Gasteiger charge is 2.30. The fourth-order valence-corrected chi connectivity index (χ4v) is 2.30. The Morgan fingerprint density at radius 2 is 1.46 bits per heavy atom. The Kier molecular flexibility index (Phi) is 8.56. The number of nitrogens with two attached hydrogens (primary N) is 2. The monoisotopic (exact) mass is 394 g/mol. The van der Waals surface area contributed by atoms with Crippen molar-refractivity contribution in [3.05, 3.63) is 35.9 Å². The SMILES string of the molecule is NC(=O)CC(NC(=O)C(CC(=O)O)NC(=O)C(N)Cc1ccccc1)C(=O)O. The van der Waals surface area contributed by atoms with Gasteiger partial charge < -0.3 is 32.3 Å². The van der Waals surface area contributed by atoms with Gasteiger partial charge in [-0.25, -0.2) is 4.79 Å². The number of carboxylic acids is 2. The number of aliphatic carboxylic acids is 2. The molecule has 0 aromatic heterocycles. The smallest absolute Gasteiger partial charge is 0.326 e. The number of carboxylic acid groups (broad SMARTS) is 2. The van der Waals surface area contributed by atoms with E-state index in [2.05, 4.69) is 5.32 Å². The summed E-state index contributed by atoms with van der Waals surface area (Å²) < 4.78 is 0. The molecular formula is C17H22N4O7. The number of hydrogen-bond acceptors (Lipinski definition) is 6. The second kappa shape index (κ2) is 10.6. The van der Waals surface area contributed by atoms with E-state index >= 15 is 0 Å². The summed E-state index contributed by atoms with van der Waals surface area (Å²) in [6.45, 7) is 0. The van der Waals surface area contributed by atoms with Crippen molar-refractivity contribution in [3.8, 4) is 0 Å². The molecule has 1 aromatic carbocycles. The maximum absolute atomic E-state index is 12.2. The van der Waals surface area contributed by atoms with Crippen LogP contribution in [-0.4, -0.2) is 58.0 Å². The van der Waals surface area contributed by atoms with Crippen LogP contribution < -0.4 is 22.1 Å². The molecule has 0 spiro atoms. The molecule has 1 rings (SSSR count). The van der Waals surface area contributed by atoms with Gasteiger partial charge in [0.1, 0.15) is 12.1 Å². The molecule has 3 amide bonds. The van der Waals surface area contributed by atoms with Crippen LogP contribution in [0, 0.1) is 0 Å². The quantitative estimate of drug-likeness (QED) is 0.246. The zero-order chi connectivity index (χ0) is 21.3. The number of primary amides is 1. The van der Waals surface area contributed by atoms with E-state index in [0.717, 1.165) is 5.56 Å². The second-order valence-corrected chi connectivity index (χ2v) is 6.03. The Hall–Kier alpha value is -3.47. The number of carbonyl (C=O) groups is 5. The van der Waals surface area contributed by atoms with E-state index in [9.17, 15) is 24.0 Å². The fraction of sp³-hybridized carbons (Fsp3) is 0.353. The third kappa shape index (κ3) is 7.83. The molecule has 11 heteroatoms. The summed E-state index contributed by atoms with van der Waals surface area (Å²) in [5.74, 6) is -5.79. The Morgan fingerprint density at radius 1 is 0.893 bits per heavy atom. The molecule has 152 valence electrons. The van der Waals surface area contributed by atoms with E-state index in [1.165, 1.54) is 0 Å². The lowest BCUT2D eigenvalue weighted by atomic mass is 10.0. The van der Waals surface area contributed by atoms with Crippen LogP contribution >= 0.6 is 0 Å². The van der Waals surface area contributed by atoms with Gasteiger partial charge in [-0.15, -0.1) is 0 Å². The first-order valence-corrected chi connectivity index (χ1v) is 8.23. The molecule has 0 aliphatic carbocycles. The summed E-state index contributed by atoms with van der Waals surface area (Å²) >= 11 is 0. The maximum Gasteiger partial charge on any atom is 0.326 e. The molecule has 0 radical (unpaired) electrons. The van der Waals surface area contributed by atoms with Crippen molar-refractivity contribution in [2.75, 3.05) is 0 Å². The van der Waals surface area contributed by atoms with Gasteiger partial charge in [-0.1, -0.05) is 30.3 Å². The van der Waals surface area contributed by atoms with Gasteiger partial charge in [0.25, 0.3) is 0 Å². The minimum absolute atomic E-state index is 0.146. The normalized spacial score (nSPS) is 13.6. The molecule has 0 fully saturated rings. The van der Waals surface area contributed by atoms with Gasteiger partial charge in [0.05, 0.1) is 18.9 Å². The van der Waals surface area contributed by atoms with Crippen LogP contribution in [0.4, 0.5) is 0 Å². The van der Waals surface area contributed by atoms with Gasteiger partial charge in [0, 0.05) is 0 Å². The van der Waals surface area contributed by atoms with Crippen molar-refractivity contribution < 1.29 is 34.2 Å². The lowest BCUT2D eigenvalue weighted by molar-refractivity contribution is -0.144. The Bertz CT molecular complexity index is 738. The molecule has 0 saturated carbocycles. The lowest BCUT2D eigenvalue weighted by Crippen LogP contribution is -2.55. The van der Waals surface area contributed by atoms with Crippen LogP contribution in [-0.2, 0) is 30.4 Å². The number of rotatable bonds is 11. The molecule has 0 bridgehead atoms. The molecule has 3 unspecified atom stereocenters. The van der Waals surface area contributed by atoms with E-state index < -0.39 is 60.6 Å². The van der Waals surface area contributed by atoms with Gasteiger partial charge in [0.15, 0.2) is 0 Å². The zero-order valence-corrected chi connectivity index (χ0v) is 14.8. The maximum atomic E-state index is 12.2. The summed E-state index contributed by atoms with van der Waals surface area (Å²) in [7, 11) is 0. The number of carbonyl (C=O) groups excluding carboxylic acids is 3. The van der Waals surface area contributed by atoms with E-state index in [4.69, 9.17) is 21.7 Å². The highest BCUT2D eigenvalue weighted by molar-refractivity contribution is 5.95. The standard InChI is InChI=1S/C17H22N4O7/c18-10(6-9-4-2-1-3-5-9)15(25)20-11(8-14(23)24)16(26)21-12(17(27)28)7-13(19)22/h1-5,10-12H,6-8,18H2,(H2,19,22)(H,20,25)(H,21,26)(H,23,24)(H,27,28). The van der Waals surface area contributed by atoms with E-state index in [1.54, 1.807) is 30.3 Å². The Morgan fingerprint density at radius 3 is 1.96 bits per heavy atom. The van der Waals surface area contributed by atoms with Crippen LogP contribution in [0.5, 0.6) is 0 Å². The largest absolute Gasteiger partial charge is 0.481 e. The summed E-state index contributed by atoms with van der Waals surface area (Å²) in [4.78, 5) is 57.5. The van der Waals surface area contributed by atoms with Crippen LogP contribution in [0.15, 0.2) is 30.3 Å². The first-order chi connectivity index (χ1) is 13.1. The van der Waals surface area contributed by atoms with Gasteiger partial charge in [0.2, 0.25) is 17.7 Å². The van der Waals surface area contributed by atoms with Crippen molar-refractivity contribution in [2.24, 2.45) is 11.5 Å².